The maximum atomic E-state index is 13.4. The lowest BCUT2D eigenvalue weighted by molar-refractivity contribution is 0.0498. The van der Waals surface area contributed by atoms with Crippen LogP contribution in [0.3, 0.4) is 0 Å². The number of carbonyl (C=O) groups excluding carboxylic acids is 1. The zero-order valence-electron chi connectivity index (χ0n) is 8.32. The van der Waals surface area contributed by atoms with Crippen molar-refractivity contribution in [1.29, 1.82) is 0 Å². The van der Waals surface area contributed by atoms with Crippen molar-refractivity contribution in [1.82, 2.24) is 0 Å². The second-order valence-corrected chi connectivity index (χ2v) is 4.06. The molecule has 0 radical (unpaired) electrons. The Morgan fingerprint density at radius 2 is 2.00 bits per heavy atom. The summed E-state index contributed by atoms with van der Waals surface area (Å²) in [7, 11) is 0. The standard InChI is InChI=1S/C10H8F3IO2/c1-2-3-16-10(15)5-4-6(11)8(13)9(14)7(5)12/h4H,2-3H2,1H3. The normalized spacial score (nSPS) is 10.3. The fraction of sp³-hybridized carbons (Fsp3) is 0.300. The van der Waals surface area contributed by atoms with Crippen molar-refractivity contribution < 1.29 is 22.7 Å². The average Bonchev–Trinajstić information content (AvgIpc) is 2.28. The molecule has 0 aliphatic rings. The number of halogens is 4. The Hall–Kier alpha value is -0.790. The predicted molar refractivity (Wildman–Crippen MR) is 59.6 cm³/mol. The smallest absolute Gasteiger partial charge is 0.341 e. The number of esters is 1. The molecule has 6 heteroatoms. The van der Waals surface area contributed by atoms with Gasteiger partial charge in [0.1, 0.15) is 0 Å². The molecule has 0 atom stereocenters. The van der Waals surface area contributed by atoms with Crippen molar-refractivity contribution in [3.05, 3.63) is 32.7 Å². The largest absolute Gasteiger partial charge is 0.462 e. The van der Waals surface area contributed by atoms with Crippen LogP contribution in [0, 0.1) is 21.0 Å². The van der Waals surface area contributed by atoms with Gasteiger partial charge in [0.2, 0.25) is 0 Å². The molecule has 0 fully saturated rings. The third kappa shape index (κ3) is 2.66. The minimum absolute atomic E-state index is 0.105. The average molecular weight is 344 g/mol. The molecule has 0 spiro atoms. The maximum absolute atomic E-state index is 13.4. The topological polar surface area (TPSA) is 26.3 Å². The summed E-state index contributed by atoms with van der Waals surface area (Å²) < 4.78 is 43.3. The molecule has 88 valence electrons. The summed E-state index contributed by atoms with van der Waals surface area (Å²) in [4.78, 5) is 11.3. The molecule has 0 amide bonds. The van der Waals surface area contributed by atoms with E-state index in [4.69, 9.17) is 0 Å². The van der Waals surface area contributed by atoms with Gasteiger partial charge < -0.3 is 4.74 Å². The van der Waals surface area contributed by atoms with Gasteiger partial charge in [-0.15, -0.1) is 0 Å². The molecule has 0 unspecified atom stereocenters. The van der Waals surface area contributed by atoms with Gasteiger partial charge in [-0.05, 0) is 35.1 Å². The highest BCUT2D eigenvalue weighted by molar-refractivity contribution is 14.1. The van der Waals surface area contributed by atoms with E-state index in [1.165, 1.54) is 22.6 Å². The van der Waals surface area contributed by atoms with E-state index in [9.17, 15) is 18.0 Å². The Morgan fingerprint density at radius 1 is 1.38 bits per heavy atom. The van der Waals surface area contributed by atoms with Crippen LogP contribution in [0.25, 0.3) is 0 Å². The summed E-state index contributed by atoms with van der Waals surface area (Å²) in [6, 6.07) is 0.505. The second-order valence-electron chi connectivity index (χ2n) is 2.98. The molecule has 0 heterocycles. The lowest BCUT2D eigenvalue weighted by atomic mass is 10.2. The van der Waals surface area contributed by atoms with Crippen LogP contribution in [0.5, 0.6) is 0 Å². The molecule has 0 bridgehead atoms. The SMILES string of the molecule is CCCOC(=O)c1cc(F)c(F)c(I)c1F. The molecule has 0 aliphatic heterocycles. The van der Waals surface area contributed by atoms with Crippen LogP contribution in [0.1, 0.15) is 23.7 Å². The lowest BCUT2D eigenvalue weighted by Crippen LogP contribution is -2.11. The van der Waals surface area contributed by atoms with E-state index in [2.05, 4.69) is 4.74 Å². The fourth-order valence-electron chi connectivity index (χ4n) is 0.994. The van der Waals surface area contributed by atoms with Crippen molar-refractivity contribution in [3.8, 4) is 0 Å². The predicted octanol–water partition coefficient (Wildman–Crippen LogP) is 3.28. The summed E-state index contributed by atoms with van der Waals surface area (Å²) in [6.07, 6.45) is 0.564. The zero-order chi connectivity index (χ0) is 12.3. The Morgan fingerprint density at radius 3 is 2.56 bits per heavy atom. The molecule has 0 aliphatic carbocycles. The van der Waals surface area contributed by atoms with E-state index < -0.39 is 32.6 Å². The molecule has 1 aromatic rings. The van der Waals surface area contributed by atoms with E-state index in [0.717, 1.165) is 0 Å². The third-order valence-electron chi connectivity index (χ3n) is 1.76. The van der Waals surface area contributed by atoms with E-state index in [1.54, 1.807) is 6.92 Å². The van der Waals surface area contributed by atoms with Crippen LogP contribution in [0.15, 0.2) is 6.07 Å². The van der Waals surface area contributed by atoms with Crippen molar-refractivity contribution >= 4 is 28.6 Å². The van der Waals surface area contributed by atoms with Gasteiger partial charge in [0.15, 0.2) is 17.5 Å². The monoisotopic (exact) mass is 344 g/mol. The quantitative estimate of drug-likeness (QED) is 0.364. The highest BCUT2D eigenvalue weighted by atomic mass is 127. The lowest BCUT2D eigenvalue weighted by Gasteiger charge is -2.06. The van der Waals surface area contributed by atoms with Crippen LogP contribution >= 0.6 is 22.6 Å². The Kier molecular flexibility index (Phi) is 4.57. The molecule has 1 rings (SSSR count). The number of ether oxygens (including phenoxy) is 1. The van der Waals surface area contributed by atoms with Gasteiger partial charge >= 0.3 is 5.97 Å². The molecule has 1 aromatic carbocycles. The van der Waals surface area contributed by atoms with Gasteiger partial charge in [0, 0.05) is 0 Å². The van der Waals surface area contributed by atoms with Crippen LogP contribution < -0.4 is 0 Å². The zero-order valence-corrected chi connectivity index (χ0v) is 10.5. The fourth-order valence-corrected chi connectivity index (χ4v) is 1.54. The van der Waals surface area contributed by atoms with Gasteiger partial charge in [-0.3, -0.25) is 0 Å². The van der Waals surface area contributed by atoms with Crippen LogP contribution in [-0.4, -0.2) is 12.6 Å². The van der Waals surface area contributed by atoms with Crippen LogP contribution in [0.2, 0.25) is 0 Å². The number of carbonyl (C=O) groups is 1. The summed E-state index contributed by atoms with van der Waals surface area (Å²) in [5.41, 5.74) is -0.586. The molecular weight excluding hydrogens is 336 g/mol. The third-order valence-corrected chi connectivity index (χ3v) is 2.71. The van der Waals surface area contributed by atoms with Crippen molar-refractivity contribution in [3.63, 3.8) is 0 Å². The Balaban J connectivity index is 3.10. The summed E-state index contributed by atoms with van der Waals surface area (Å²) in [6.45, 7) is 1.87. The minimum Gasteiger partial charge on any atom is -0.462 e. The van der Waals surface area contributed by atoms with Crippen molar-refractivity contribution in [2.45, 2.75) is 13.3 Å². The number of hydrogen-bond donors (Lipinski definition) is 0. The van der Waals surface area contributed by atoms with Crippen LogP contribution in [0.4, 0.5) is 13.2 Å². The van der Waals surface area contributed by atoms with Crippen molar-refractivity contribution in [2.75, 3.05) is 6.61 Å². The highest BCUT2D eigenvalue weighted by Gasteiger charge is 2.21. The molecule has 0 aromatic heterocycles. The first-order valence-electron chi connectivity index (χ1n) is 4.49. The van der Waals surface area contributed by atoms with Gasteiger partial charge in [-0.2, -0.15) is 0 Å². The van der Waals surface area contributed by atoms with E-state index in [0.29, 0.717) is 12.5 Å². The first kappa shape index (κ1) is 13.3. The van der Waals surface area contributed by atoms with Gasteiger partial charge in [0.25, 0.3) is 0 Å². The van der Waals surface area contributed by atoms with E-state index in [1.807, 2.05) is 0 Å². The molecule has 2 nitrogen and oxygen atoms in total. The Bertz CT molecular complexity index is 421. The summed E-state index contributed by atoms with van der Waals surface area (Å²) >= 11 is 1.29. The second kappa shape index (κ2) is 5.51. The van der Waals surface area contributed by atoms with E-state index in [-0.39, 0.29) is 6.61 Å². The minimum atomic E-state index is -1.30. The molecule has 0 saturated heterocycles. The van der Waals surface area contributed by atoms with Gasteiger partial charge in [-0.25, -0.2) is 18.0 Å². The molecule has 16 heavy (non-hydrogen) atoms. The Labute approximate surface area is 104 Å². The number of rotatable bonds is 3. The first-order chi connectivity index (χ1) is 7.49. The first-order valence-corrected chi connectivity index (χ1v) is 5.57. The molecule has 0 saturated carbocycles. The number of benzene rings is 1. The summed E-state index contributed by atoms with van der Waals surface area (Å²) in [5.74, 6) is -4.66. The maximum Gasteiger partial charge on any atom is 0.341 e. The van der Waals surface area contributed by atoms with Gasteiger partial charge in [-0.1, -0.05) is 6.92 Å². The highest BCUT2D eigenvalue weighted by Crippen LogP contribution is 2.22. The van der Waals surface area contributed by atoms with Crippen LogP contribution in [-0.2, 0) is 4.74 Å². The molecular formula is C10H8F3IO2. The van der Waals surface area contributed by atoms with Crippen molar-refractivity contribution in [2.24, 2.45) is 0 Å². The van der Waals surface area contributed by atoms with E-state index >= 15 is 0 Å². The summed E-state index contributed by atoms with van der Waals surface area (Å²) in [5, 5.41) is 0. The molecule has 0 N–H and O–H groups in total. The van der Waals surface area contributed by atoms with Gasteiger partial charge in [0.05, 0.1) is 15.7 Å². The number of hydrogen-bond acceptors (Lipinski definition) is 2.